The first-order chi connectivity index (χ1) is 16.4. The first kappa shape index (κ1) is 26.6. The molecule has 6 nitrogen and oxygen atoms in total. The molecule has 0 saturated carbocycles. The maximum Gasteiger partial charge on any atom is 0.263 e. The molecule has 3 rings (SSSR count). The number of ether oxygens (including phenoxy) is 1. The van der Waals surface area contributed by atoms with E-state index in [1.165, 1.54) is 18.2 Å². The number of para-hydroxylation sites is 1. The van der Waals surface area contributed by atoms with Gasteiger partial charge < -0.3 is 10.1 Å². The minimum absolute atomic E-state index is 0.0278. The van der Waals surface area contributed by atoms with Crippen molar-refractivity contribution in [2.45, 2.75) is 44.9 Å². The van der Waals surface area contributed by atoms with Crippen molar-refractivity contribution in [3.8, 4) is 5.75 Å². The summed E-state index contributed by atoms with van der Waals surface area (Å²) in [6.45, 7) is 10.7. The minimum atomic E-state index is -4.00. The molecule has 35 heavy (non-hydrogen) atoms. The lowest BCUT2D eigenvalue weighted by atomic mass is 9.86. The fraction of sp³-hybridized carbons (Fsp3) is 0.296. The molecule has 186 valence electrons. The van der Waals surface area contributed by atoms with E-state index < -0.39 is 15.9 Å². The van der Waals surface area contributed by atoms with E-state index in [0.29, 0.717) is 5.69 Å². The number of anilines is 1. The van der Waals surface area contributed by atoms with Crippen LogP contribution >= 0.6 is 11.6 Å². The second kappa shape index (κ2) is 10.7. The molecule has 0 aliphatic heterocycles. The van der Waals surface area contributed by atoms with Crippen LogP contribution in [0, 0.1) is 13.8 Å². The first-order valence-corrected chi connectivity index (χ1v) is 13.1. The highest BCUT2D eigenvalue weighted by Crippen LogP contribution is 2.31. The molecule has 0 spiro atoms. The summed E-state index contributed by atoms with van der Waals surface area (Å²) < 4.78 is 34.4. The predicted octanol–water partition coefficient (Wildman–Crippen LogP) is 5.86. The quantitative estimate of drug-likeness (QED) is 0.368. The topological polar surface area (TPSA) is 84.5 Å². The van der Waals surface area contributed by atoms with Gasteiger partial charge in [0.15, 0.2) is 0 Å². The third-order valence-corrected chi connectivity index (χ3v) is 7.45. The van der Waals surface area contributed by atoms with Crippen LogP contribution in [0.15, 0.2) is 65.6 Å². The largest absolute Gasteiger partial charge is 0.491 e. The van der Waals surface area contributed by atoms with Crippen molar-refractivity contribution >= 4 is 33.2 Å². The number of benzene rings is 3. The van der Waals surface area contributed by atoms with Crippen molar-refractivity contribution in [1.29, 1.82) is 0 Å². The molecule has 0 aromatic heterocycles. The van der Waals surface area contributed by atoms with Crippen LogP contribution in [-0.2, 0) is 15.4 Å². The lowest BCUT2D eigenvalue weighted by Crippen LogP contribution is -2.28. The van der Waals surface area contributed by atoms with Crippen molar-refractivity contribution in [3.63, 3.8) is 0 Å². The third kappa shape index (κ3) is 6.77. The van der Waals surface area contributed by atoms with Gasteiger partial charge in [-0.25, -0.2) is 8.42 Å². The van der Waals surface area contributed by atoms with E-state index in [0.717, 1.165) is 22.4 Å². The van der Waals surface area contributed by atoms with Crippen LogP contribution in [0.25, 0.3) is 0 Å². The van der Waals surface area contributed by atoms with Gasteiger partial charge in [0.25, 0.3) is 15.9 Å². The zero-order valence-corrected chi connectivity index (χ0v) is 22.2. The van der Waals surface area contributed by atoms with Gasteiger partial charge in [0.05, 0.1) is 11.6 Å². The Bertz CT molecular complexity index is 1330. The Balaban J connectivity index is 1.67. The average Bonchev–Trinajstić information content (AvgIpc) is 2.78. The summed E-state index contributed by atoms with van der Waals surface area (Å²) in [6.07, 6.45) is 0. The summed E-state index contributed by atoms with van der Waals surface area (Å²) >= 11 is 6.18. The second-order valence-corrected chi connectivity index (χ2v) is 11.5. The van der Waals surface area contributed by atoms with Gasteiger partial charge in [-0.3, -0.25) is 9.52 Å². The average molecular weight is 515 g/mol. The van der Waals surface area contributed by atoms with E-state index in [1.54, 1.807) is 12.1 Å². The Labute approximate surface area is 212 Å². The summed E-state index contributed by atoms with van der Waals surface area (Å²) in [6, 6.07) is 17.2. The molecule has 0 saturated heterocycles. The van der Waals surface area contributed by atoms with Crippen LogP contribution in [0.1, 0.15) is 47.8 Å². The molecule has 0 fully saturated rings. The van der Waals surface area contributed by atoms with E-state index in [2.05, 4.69) is 30.8 Å². The normalized spacial score (nSPS) is 11.7. The molecule has 3 aromatic rings. The van der Waals surface area contributed by atoms with E-state index in [4.69, 9.17) is 16.3 Å². The fourth-order valence-electron chi connectivity index (χ4n) is 3.51. The number of carbonyl (C=O) groups is 1. The first-order valence-electron chi connectivity index (χ1n) is 11.3. The van der Waals surface area contributed by atoms with Crippen molar-refractivity contribution in [2.75, 3.05) is 17.9 Å². The monoisotopic (exact) mass is 514 g/mol. The molecule has 2 N–H and O–H groups in total. The van der Waals surface area contributed by atoms with E-state index in [9.17, 15) is 13.2 Å². The van der Waals surface area contributed by atoms with Gasteiger partial charge in [-0.1, -0.05) is 56.6 Å². The Hall–Kier alpha value is -3.03. The number of rotatable bonds is 8. The molecule has 0 bridgehead atoms. The zero-order chi connectivity index (χ0) is 25.8. The molecule has 8 heteroatoms. The summed E-state index contributed by atoms with van der Waals surface area (Å²) in [5, 5.41) is 2.79. The molecule has 3 aromatic carbocycles. The highest BCUT2D eigenvalue weighted by Gasteiger charge is 2.21. The molecule has 0 aliphatic carbocycles. The SMILES string of the molecule is Cc1ccc(NS(=O)(=O)c2cc(C(=O)NCCOc3ccccc3C(C)(C)C)ccc2Cl)cc1C. The summed E-state index contributed by atoms with van der Waals surface area (Å²) in [5.41, 5.74) is 3.62. The van der Waals surface area contributed by atoms with Gasteiger partial charge in [-0.2, -0.15) is 0 Å². The number of aryl methyl sites for hydroxylation is 2. The number of hydrogen-bond donors (Lipinski definition) is 2. The van der Waals surface area contributed by atoms with Gasteiger partial charge in [0.1, 0.15) is 17.3 Å². The maximum atomic E-state index is 13.0. The maximum absolute atomic E-state index is 13.0. The van der Waals surface area contributed by atoms with E-state index in [-0.39, 0.29) is 34.0 Å². The fourth-order valence-corrected chi connectivity index (χ4v) is 5.08. The van der Waals surface area contributed by atoms with E-state index >= 15 is 0 Å². The van der Waals surface area contributed by atoms with Gasteiger partial charge >= 0.3 is 0 Å². The highest BCUT2D eigenvalue weighted by atomic mass is 35.5. The molecule has 0 radical (unpaired) electrons. The van der Waals surface area contributed by atoms with Crippen LogP contribution < -0.4 is 14.8 Å². The predicted molar refractivity (Wildman–Crippen MR) is 141 cm³/mol. The number of nitrogens with one attached hydrogen (secondary N) is 2. The van der Waals surface area contributed by atoms with Crippen LogP contribution in [0.5, 0.6) is 5.75 Å². The zero-order valence-electron chi connectivity index (χ0n) is 20.6. The number of amides is 1. The lowest BCUT2D eigenvalue weighted by molar-refractivity contribution is 0.0946. The van der Waals surface area contributed by atoms with Crippen LogP contribution in [0.3, 0.4) is 0 Å². The minimum Gasteiger partial charge on any atom is -0.491 e. The van der Waals surface area contributed by atoms with Gasteiger partial charge in [0, 0.05) is 11.3 Å². The smallest absolute Gasteiger partial charge is 0.263 e. The molecule has 0 unspecified atom stereocenters. The van der Waals surface area contributed by atoms with Crippen LogP contribution in [0.4, 0.5) is 5.69 Å². The second-order valence-electron chi connectivity index (χ2n) is 9.40. The van der Waals surface area contributed by atoms with Crippen molar-refractivity contribution in [2.24, 2.45) is 0 Å². The molecule has 0 heterocycles. The molecular weight excluding hydrogens is 484 g/mol. The van der Waals surface area contributed by atoms with Gasteiger partial charge in [-0.15, -0.1) is 0 Å². The standard InChI is InChI=1S/C27H31ClN2O4S/c1-18-10-12-21(16-19(18)2)30-35(32,33)25-17-20(11-13-23(25)28)26(31)29-14-15-34-24-9-7-6-8-22(24)27(3,4)5/h6-13,16-17,30H,14-15H2,1-5H3,(H,29,31). The third-order valence-electron chi connectivity index (χ3n) is 5.58. The Morgan fingerprint density at radius 2 is 1.69 bits per heavy atom. The van der Waals surface area contributed by atoms with E-state index in [1.807, 2.05) is 44.2 Å². The van der Waals surface area contributed by atoms with Crippen molar-refractivity contribution in [3.05, 3.63) is 87.9 Å². The Morgan fingerprint density at radius 1 is 0.971 bits per heavy atom. The summed E-state index contributed by atoms with van der Waals surface area (Å²) in [4.78, 5) is 12.5. The van der Waals surface area contributed by atoms with Crippen LogP contribution in [-0.4, -0.2) is 27.5 Å². The van der Waals surface area contributed by atoms with Crippen molar-refractivity contribution < 1.29 is 17.9 Å². The molecule has 1 amide bonds. The number of halogens is 1. The highest BCUT2D eigenvalue weighted by molar-refractivity contribution is 7.92. The van der Waals surface area contributed by atoms with Gasteiger partial charge in [0.2, 0.25) is 0 Å². The van der Waals surface area contributed by atoms with Gasteiger partial charge in [-0.05, 0) is 72.4 Å². The number of hydrogen-bond acceptors (Lipinski definition) is 4. The Kier molecular flexibility index (Phi) is 8.13. The lowest BCUT2D eigenvalue weighted by Gasteiger charge is -2.22. The molecule has 0 aliphatic rings. The summed E-state index contributed by atoms with van der Waals surface area (Å²) in [5.74, 6) is 0.351. The van der Waals surface area contributed by atoms with Crippen molar-refractivity contribution in [1.82, 2.24) is 5.32 Å². The Morgan fingerprint density at radius 3 is 2.37 bits per heavy atom. The van der Waals surface area contributed by atoms with Crippen LogP contribution in [0.2, 0.25) is 5.02 Å². The summed E-state index contributed by atoms with van der Waals surface area (Å²) in [7, 11) is -4.00. The number of sulfonamides is 1. The molecule has 0 atom stereocenters. The molecular formula is C27H31ClN2O4S. The number of carbonyl (C=O) groups excluding carboxylic acids is 1.